The third kappa shape index (κ3) is 4.90. The van der Waals surface area contributed by atoms with Crippen molar-refractivity contribution in [3.05, 3.63) is 34.3 Å². The lowest BCUT2D eigenvalue weighted by Gasteiger charge is -2.34. The predicted octanol–water partition coefficient (Wildman–Crippen LogP) is 3.64. The molecule has 0 bridgehead atoms. The molecule has 1 aromatic carbocycles. The summed E-state index contributed by atoms with van der Waals surface area (Å²) >= 11 is 3.50. The van der Waals surface area contributed by atoms with Crippen molar-refractivity contribution in [2.45, 2.75) is 25.7 Å². The third-order valence-electron chi connectivity index (χ3n) is 4.12. The molecule has 19 heavy (non-hydrogen) atoms. The molecule has 0 heterocycles. The van der Waals surface area contributed by atoms with Crippen molar-refractivity contribution < 1.29 is 4.74 Å². The van der Waals surface area contributed by atoms with Gasteiger partial charge in [0.2, 0.25) is 0 Å². The minimum Gasteiger partial charge on any atom is -0.383 e. The summed E-state index contributed by atoms with van der Waals surface area (Å²) in [5.41, 5.74) is 1.45. The van der Waals surface area contributed by atoms with Gasteiger partial charge in [-0.25, -0.2) is 0 Å². The molecule has 0 radical (unpaired) electrons. The van der Waals surface area contributed by atoms with Gasteiger partial charge in [-0.3, -0.25) is 0 Å². The van der Waals surface area contributed by atoms with Gasteiger partial charge in [-0.05, 0) is 42.5 Å². The standard InChI is InChI=1S/C16H24BrNO/c1-19-10-9-18-12-15(14-3-2-4-14)11-13-5-7-16(17)8-6-13/h5-8,14-15,18H,2-4,9-12H2,1H3. The molecule has 1 N–H and O–H groups in total. The average Bonchev–Trinajstić information content (AvgIpc) is 2.35. The highest BCUT2D eigenvalue weighted by Crippen LogP contribution is 2.35. The van der Waals surface area contributed by atoms with Crippen LogP contribution in [0.5, 0.6) is 0 Å². The molecule has 1 aliphatic rings. The van der Waals surface area contributed by atoms with Crippen LogP contribution in [0.15, 0.2) is 28.7 Å². The number of methoxy groups -OCH3 is 1. The molecule has 1 saturated carbocycles. The van der Waals surface area contributed by atoms with E-state index in [0.717, 1.165) is 36.0 Å². The zero-order valence-electron chi connectivity index (χ0n) is 11.7. The molecular formula is C16H24BrNO. The van der Waals surface area contributed by atoms with Crippen LogP contribution in [0.25, 0.3) is 0 Å². The van der Waals surface area contributed by atoms with E-state index in [2.05, 4.69) is 45.5 Å². The van der Waals surface area contributed by atoms with Crippen LogP contribution in [0.1, 0.15) is 24.8 Å². The van der Waals surface area contributed by atoms with Gasteiger partial charge in [0.1, 0.15) is 0 Å². The highest BCUT2D eigenvalue weighted by molar-refractivity contribution is 9.10. The molecule has 0 aromatic heterocycles. The zero-order chi connectivity index (χ0) is 13.5. The summed E-state index contributed by atoms with van der Waals surface area (Å²) in [4.78, 5) is 0. The van der Waals surface area contributed by atoms with Crippen molar-refractivity contribution in [3.63, 3.8) is 0 Å². The van der Waals surface area contributed by atoms with E-state index < -0.39 is 0 Å². The van der Waals surface area contributed by atoms with Gasteiger partial charge in [0.15, 0.2) is 0 Å². The van der Waals surface area contributed by atoms with Crippen LogP contribution in [0.2, 0.25) is 0 Å². The molecule has 3 heteroatoms. The van der Waals surface area contributed by atoms with Crippen molar-refractivity contribution in [2.75, 3.05) is 26.8 Å². The van der Waals surface area contributed by atoms with E-state index in [0.29, 0.717) is 0 Å². The topological polar surface area (TPSA) is 21.3 Å². The fraction of sp³-hybridized carbons (Fsp3) is 0.625. The van der Waals surface area contributed by atoms with Gasteiger partial charge in [-0.1, -0.05) is 47.3 Å². The van der Waals surface area contributed by atoms with Crippen LogP contribution in [0.4, 0.5) is 0 Å². The molecule has 2 rings (SSSR count). The van der Waals surface area contributed by atoms with E-state index in [1.165, 1.54) is 31.2 Å². The summed E-state index contributed by atoms with van der Waals surface area (Å²) in [7, 11) is 1.76. The Hall–Kier alpha value is -0.380. The van der Waals surface area contributed by atoms with Crippen LogP contribution >= 0.6 is 15.9 Å². The van der Waals surface area contributed by atoms with Gasteiger partial charge >= 0.3 is 0 Å². The summed E-state index contributed by atoms with van der Waals surface area (Å²) in [6, 6.07) is 8.77. The number of halogens is 1. The predicted molar refractivity (Wildman–Crippen MR) is 83.4 cm³/mol. The fourth-order valence-electron chi connectivity index (χ4n) is 2.70. The number of hydrogen-bond acceptors (Lipinski definition) is 2. The molecule has 1 aromatic rings. The van der Waals surface area contributed by atoms with E-state index in [1.54, 1.807) is 7.11 Å². The SMILES string of the molecule is COCCNCC(Cc1ccc(Br)cc1)C1CCC1. The molecule has 0 spiro atoms. The quantitative estimate of drug-likeness (QED) is 0.737. The molecule has 0 aliphatic heterocycles. The van der Waals surface area contributed by atoms with E-state index >= 15 is 0 Å². The Morgan fingerprint density at radius 1 is 1.32 bits per heavy atom. The highest BCUT2D eigenvalue weighted by Gasteiger charge is 2.26. The molecule has 1 atom stereocenters. The summed E-state index contributed by atoms with van der Waals surface area (Å²) in [6.45, 7) is 2.87. The minimum atomic E-state index is 0.770. The summed E-state index contributed by atoms with van der Waals surface area (Å²) in [5, 5.41) is 3.53. The lowest BCUT2D eigenvalue weighted by atomic mass is 9.73. The average molecular weight is 326 g/mol. The fourth-order valence-corrected chi connectivity index (χ4v) is 2.97. The molecule has 2 nitrogen and oxygen atoms in total. The zero-order valence-corrected chi connectivity index (χ0v) is 13.3. The molecule has 1 aliphatic carbocycles. The normalized spacial score (nSPS) is 17.2. The van der Waals surface area contributed by atoms with Gasteiger partial charge < -0.3 is 10.1 Å². The van der Waals surface area contributed by atoms with E-state index in [-0.39, 0.29) is 0 Å². The molecule has 1 fully saturated rings. The van der Waals surface area contributed by atoms with Crippen LogP contribution in [-0.4, -0.2) is 26.8 Å². The second-order valence-electron chi connectivity index (χ2n) is 5.48. The largest absolute Gasteiger partial charge is 0.383 e. The van der Waals surface area contributed by atoms with Crippen molar-refractivity contribution in [1.82, 2.24) is 5.32 Å². The van der Waals surface area contributed by atoms with Crippen LogP contribution < -0.4 is 5.32 Å². The van der Waals surface area contributed by atoms with Gasteiger partial charge in [0.25, 0.3) is 0 Å². The third-order valence-corrected chi connectivity index (χ3v) is 4.65. The van der Waals surface area contributed by atoms with Crippen LogP contribution in [0, 0.1) is 11.8 Å². The van der Waals surface area contributed by atoms with Crippen LogP contribution in [0.3, 0.4) is 0 Å². The molecular weight excluding hydrogens is 302 g/mol. The highest BCUT2D eigenvalue weighted by atomic mass is 79.9. The maximum Gasteiger partial charge on any atom is 0.0587 e. The second-order valence-corrected chi connectivity index (χ2v) is 6.39. The van der Waals surface area contributed by atoms with E-state index in [4.69, 9.17) is 4.74 Å². The van der Waals surface area contributed by atoms with Gasteiger partial charge in [-0.15, -0.1) is 0 Å². The number of ether oxygens (including phenoxy) is 1. The first-order valence-corrected chi connectivity index (χ1v) is 8.03. The maximum atomic E-state index is 5.09. The minimum absolute atomic E-state index is 0.770. The summed E-state index contributed by atoms with van der Waals surface area (Å²) in [5.74, 6) is 1.69. The van der Waals surface area contributed by atoms with Crippen molar-refractivity contribution in [1.29, 1.82) is 0 Å². The second kappa shape index (κ2) is 8.03. The van der Waals surface area contributed by atoms with Crippen molar-refractivity contribution >= 4 is 15.9 Å². The summed E-state index contributed by atoms with van der Waals surface area (Å²) in [6.07, 6.45) is 5.43. The smallest absolute Gasteiger partial charge is 0.0587 e. The van der Waals surface area contributed by atoms with Crippen LogP contribution in [-0.2, 0) is 11.2 Å². The van der Waals surface area contributed by atoms with Crippen molar-refractivity contribution in [2.24, 2.45) is 11.8 Å². The first kappa shape index (κ1) is 15.0. The van der Waals surface area contributed by atoms with Crippen molar-refractivity contribution in [3.8, 4) is 0 Å². The van der Waals surface area contributed by atoms with E-state index in [1.807, 2.05) is 0 Å². The molecule has 0 saturated heterocycles. The summed E-state index contributed by atoms with van der Waals surface area (Å²) < 4.78 is 6.25. The molecule has 0 amide bonds. The van der Waals surface area contributed by atoms with Gasteiger partial charge in [0, 0.05) is 18.1 Å². The van der Waals surface area contributed by atoms with Gasteiger partial charge in [0.05, 0.1) is 6.61 Å². The Kier molecular flexibility index (Phi) is 6.35. The molecule has 1 unspecified atom stereocenters. The number of benzene rings is 1. The monoisotopic (exact) mass is 325 g/mol. The Morgan fingerprint density at radius 2 is 2.05 bits per heavy atom. The number of hydrogen-bond donors (Lipinski definition) is 1. The Labute approximate surface area is 125 Å². The first-order chi connectivity index (χ1) is 9.29. The Bertz CT molecular complexity index is 362. The first-order valence-electron chi connectivity index (χ1n) is 7.23. The van der Waals surface area contributed by atoms with E-state index in [9.17, 15) is 0 Å². The number of nitrogens with one attached hydrogen (secondary N) is 1. The lowest BCUT2D eigenvalue weighted by Crippen LogP contribution is -2.34. The van der Waals surface area contributed by atoms with Gasteiger partial charge in [-0.2, -0.15) is 0 Å². The Morgan fingerprint density at radius 3 is 2.63 bits per heavy atom. The maximum absolute atomic E-state index is 5.09. The number of rotatable bonds is 8. The molecule has 106 valence electrons. The lowest BCUT2D eigenvalue weighted by molar-refractivity contribution is 0.178. The Balaban J connectivity index is 1.84.